The van der Waals surface area contributed by atoms with E-state index < -0.39 is 35.0 Å². The van der Waals surface area contributed by atoms with Gasteiger partial charge in [-0.3, -0.25) is 0 Å². The predicted octanol–water partition coefficient (Wildman–Crippen LogP) is 4.07. The molecule has 0 aromatic heterocycles. The van der Waals surface area contributed by atoms with Crippen molar-refractivity contribution < 1.29 is 27.1 Å². The summed E-state index contributed by atoms with van der Waals surface area (Å²) in [6.45, 7) is 0. The third kappa shape index (κ3) is 2.65. The molecule has 0 aliphatic rings. The molecule has 0 fully saturated rings. The Hall–Kier alpha value is -1.95. The molecule has 20 heavy (non-hydrogen) atoms. The number of benzene rings is 2. The summed E-state index contributed by atoms with van der Waals surface area (Å²) >= 11 is 0. The normalized spacial score (nSPS) is 13.3. The van der Waals surface area contributed by atoms with Crippen LogP contribution in [0.5, 0.6) is 0 Å². The van der Waals surface area contributed by atoms with Crippen LogP contribution in [0, 0.1) is 11.6 Å². The molecule has 1 N–H and O–H groups in total. The van der Waals surface area contributed by atoms with Crippen molar-refractivity contribution in [2.45, 2.75) is 12.3 Å². The van der Waals surface area contributed by atoms with E-state index in [-0.39, 0.29) is 5.56 Å². The second-order valence-electron chi connectivity index (χ2n) is 4.14. The van der Waals surface area contributed by atoms with Gasteiger partial charge in [0, 0.05) is 5.56 Å². The molecule has 0 saturated carbocycles. The van der Waals surface area contributed by atoms with Crippen molar-refractivity contribution in [3.63, 3.8) is 0 Å². The van der Waals surface area contributed by atoms with E-state index in [2.05, 4.69) is 0 Å². The van der Waals surface area contributed by atoms with E-state index in [0.29, 0.717) is 6.07 Å². The van der Waals surface area contributed by atoms with E-state index in [0.717, 1.165) is 6.07 Å². The second-order valence-corrected chi connectivity index (χ2v) is 4.14. The summed E-state index contributed by atoms with van der Waals surface area (Å²) in [5, 5.41) is 9.90. The third-order valence-corrected chi connectivity index (χ3v) is 2.83. The lowest BCUT2D eigenvalue weighted by Crippen LogP contribution is -2.12. The molecule has 1 nitrogen and oxygen atoms in total. The van der Waals surface area contributed by atoms with Gasteiger partial charge in [0.2, 0.25) is 0 Å². The lowest BCUT2D eigenvalue weighted by Gasteiger charge is -2.15. The van der Waals surface area contributed by atoms with Crippen LogP contribution in [0.25, 0.3) is 0 Å². The summed E-state index contributed by atoms with van der Waals surface area (Å²) in [6, 6.07) is 8.85. The van der Waals surface area contributed by atoms with Gasteiger partial charge in [-0.15, -0.1) is 0 Å². The highest BCUT2D eigenvalue weighted by molar-refractivity contribution is 5.35. The average molecular weight is 288 g/mol. The molecule has 0 radical (unpaired) electrons. The van der Waals surface area contributed by atoms with E-state index in [4.69, 9.17) is 0 Å². The molecule has 0 heterocycles. The zero-order valence-corrected chi connectivity index (χ0v) is 9.96. The molecule has 2 aromatic carbocycles. The van der Waals surface area contributed by atoms with Gasteiger partial charge in [0.25, 0.3) is 0 Å². The maximum Gasteiger partial charge on any atom is 0.419 e. The molecule has 0 amide bonds. The Morgan fingerprint density at radius 2 is 1.45 bits per heavy atom. The van der Waals surface area contributed by atoms with E-state index in [1.165, 1.54) is 12.1 Å². The van der Waals surface area contributed by atoms with Crippen molar-refractivity contribution in [2.75, 3.05) is 0 Å². The fourth-order valence-electron chi connectivity index (χ4n) is 1.81. The van der Waals surface area contributed by atoms with Crippen LogP contribution in [-0.4, -0.2) is 5.11 Å². The summed E-state index contributed by atoms with van der Waals surface area (Å²) in [4.78, 5) is 0. The molecule has 0 spiro atoms. The minimum absolute atomic E-state index is 0.255. The van der Waals surface area contributed by atoms with Crippen molar-refractivity contribution in [2.24, 2.45) is 0 Å². The molecule has 1 atom stereocenters. The Bertz CT molecular complexity index is 607. The smallest absolute Gasteiger partial charge is 0.384 e. The summed E-state index contributed by atoms with van der Waals surface area (Å²) in [5.74, 6) is -3.71. The Balaban J connectivity index is 2.47. The molecular weight excluding hydrogens is 279 g/mol. The largest absolute Gasteiger partial charge is 0.419 e. The van der Waals surface area contributed by atoms with Gasteiger partial charge in [0.1, 0.15) is 6.10 Å². The summed E-state index contributed by atoms with van der Waals surface area (Å²) in [7, 11) is 0. The maximum atomic E-state index is 13.7. The zero-order valence-electron chi connectivity index (χ0n) is 9.96. The SMILES string of the molecule is OC(c1ccccc1)c1ccc(C(F)(F)F)c(F)c1F. The number of aliphatic hydroxyl groups excluding tert-OH is 1. The molecule has 2 rings (SSSR count). The number of alkyl halides is 3. The first-order chi connectivity index (χ1) is 9.32. The van der Waals surface area contributed by atoms with Crippen LogP contribution < -0.4 is 0 Å². The van der Waals surface area contributed by atoms with Crippen LogP contribution in [-0.2, 0) is 6.18 Å². The quantitative estimate of drug-likeness (QED) is 0.826. The van der Waals surface area contributed by atoms with Gasteiger partial charge >= 0.3 is 6.18 Å². The number of rotatable bonds is 2. The lowest BCUT2D eigenvalue weighted by molar-refractivity contribution is -0.140. The average Bonchev–Trinajstić information content (AvgIpc) is 2.40. The molecule has 2 aromatic rings. The van der Waals surface area contributed by atoms with E-state index in [9.17, 15) is 27.1 Å². The number of aliphatic hydroxyl groups is 1. The molecule has 0 aliphatic carbocycles. The number of hydrogen-bond acceptors (Lipinski definition) is 1. The van der Waals surface area contributed by atoms with Crippen molar-refractivity contribution in [1.82, 2.24) is 0 Å². The molecule has 0 bridgehead atoms. The van der Waals surface area contributed by atoms with Gasteiger partial charge < -0.3 is 5.11 Å². The first kappa shape index (κ1) is 14.5. The molecule has 1 unspecified atom stereocenters. The molecule has 6 heteroatoms. The first-order valence-electron chi connectivity index (χ1n) is 5.60. The van der Waals surface area contributed by atoms with Crippen molar-refractivity contribution in [3.05, 3.63) is 70.8 Å². The molecule has 106 valence electrons. The van der Waals surface area contributed by atoms with E-state index in [1.807, 2.05) is 0 Å². The Morgan fingerprint density at radius 1 is 0.850 bits per heavy atom. The lowest BCUT2D eigenvalue weighted by atomic mass is 9.99. The molecule has 0 saturated heterocycles. The minimum Gasteiger partial charge on any atom is -0.384 e. The van der Waals surface area contributed by atoms with Gasteiger partial charge in [-0.05, 0) is 11.6 Å². The fourth-order valence-corrected chi connectivity index (χ4v) is 1.81. The Kier molecular flexibility index (Phi) is 3.76. The third-order valence-electron chi connectivity index (χ3n) is 2.83. The van der Waals surface area contributed by atoms with Crippen LogP contribution in [0.3, 0.4) is 0 Å². The van der Waals surface area contributed by atoms with Crippen LogP contribution in [0.1, 0.15) is 22.8 Å². The number of hydrogen-bond donors (Lipinski definition) is 1. The highest BCUT2D eigenvalue weighted by Gasteiger charge is 2.36. The first-order valence-corrected chi connectivity index (χ1v) is 5.60. The van der Waals surface area contributed by atoms with Crippen LogP contribution in [0.2, 0.25) is 0 Å². The van der Waals surface area contributed by atoms with E-state index >= 15 is 0 Å². The highest BCUT2D eigenvalue weighted by atomic mass is 19.4. The topological polar surface area (TPSA) is 20.2 Å². The fraction of sp³-hybridized carbons (Fsp3) is 0.143. The standard InChI is InChI=1S/C14H9F5O/c15-11-9(13(20)8-4-2-1-3-5-8)6-7-10(12(11)16)14(17,18)19/h1-7,13,20H. The van der Waals surface area contributed by atoms with Gasteiger partial charge in [-0.1, -0.05) is 36.4 Å². The van der Waals surface area contributed by atoms with Gasteiger partial charge in [-0.25, -0.2) is 8.78 Å². The van der Waals surface area contributed by atoms with Crippen molar-refractivity contribution >= 4 is 0 Å². The predicted molar refractivity (Wildman–Crippen MR) is 61.9 cm³/mol. The summed E-state index contributed by atoms with van der Waals surface area (Å²) in [6.07, 6.45) is -6.52. The maximum absolute atomic E-state index is 13.7. The van der Waals surface area contributed by atoms with E-state index in [1.54, 1.807) is 18.2 Å². The van der Waals surface area contributed by atoms with Gasteiger partial charge in [0.15, 0.2) is 11.6 Å². The molecule has 0 aliphatic heterocycles. The molecular formula is C14H9F5O. The monoisotopic (exact) mass is 288 g/mol. The number of halogens is 5. The highest BCUT2D eigenvalue weighted by Crippen LogP contribution is 2.35. The zero-order chi connectivity index (χ0) is 14.9. The minimum atomic E-state index is -4.98. The van der Waals surface area contributed by atoms with Crippen LogP contribution in [0.15, 0.2) is 42.5 Å². The Morgan fingerprint density at radius 3 is 2.00 bits per heavy atom. The van der Waals surface area contributed by atoms with Crippen molar-refractivity contribution in [3.8, 4) is 0 Å². The van der Waals surface area contributed by atoms with Crippen molar-refractivity contribution in [1.29, 1.82) is 0 Å². The van der Waals surface area contributed by atoms with Gasteiger partial charge in [-0.2, -0.15) is 13.2 Å². The Labute approximate surface area is 111 Å². The van der Waals surface area contributed by atoms with Crippen LogP contribution in [0.4, 0.5) is 22.0 Å². The van der Waals surface area contributed by atoms with Gasteiger partial charge in [0.05, 0.1) is 5.56 Å². The summed E-state index contributed by atoms with van der Waals surface area (Å²) in [5.41, 5.74) is -1.98. The van der Waals surface area contributed by atoms with Crippen LogP contribution >= 0.6 is 0 Å². The summed E-state index contributed by atoms with van der Waals surface area (Å²) < 4.78 is 64.4. The second kappa shape index (κ2) is 5.20.